The lowest BCUT2D eigenvalue weighted by Crippen LogP contribution is -2.35. The molecular weight excluding hydrogens is 534 g/mol. The van der Waals surface area contributed by atoms with Crippen molar-refractivity contribution in [2.24, 2.45) is 10.1 Å². The normalized spacial score (nSPS) is 15.8. The van der Waals surface area contributed by atoms with Gasteiger partial charge in [0.2, 0.25) is 5.17 Å². The number of hydrogen-bond donors (Lipinski definition) is 1. The minimum Gasteiger partial charge on any atom is -0.492 e. The average molecular weight is 564 g/mol. The molecule has 6 rings (SSSR count). The van der Waals surface area contributed by atoms with E-state index in [1.165, 1.54) is 27.9 Å². The molecule has 1 amide bonds. The number of benzene rings is 3. The number of hydrazone groups is 1. The summed E-state index contributed by atoms with van der Waals surface area (Å²) in [5, 5.41) is 16.8. The summed E-state index contributed by atoms with van der Waals surface area (Å²) in [5.74, 6) is 1.12. The third kappa shape index (κ3) is 5.40. The Labute approximate surface area is 242 Å². The third-order valence-corrected chi connectivity index (χ3v) is 7.83. The molecule has 2 aliphatic heterocycles. The van der Waals surface area contributed by atoms with Gasteiger partial charge in [0.05, 0.1) is 12.1 Å². The summed E-state index contributed by atoms with van der Waals surface area (Å²) in [6, 6.07) is 23.7. The highest BCUT2D eigenvalue weighted by Crippen LogP contribution is 2.32. The van der Waals surface area contributed by atoms with E-state index in [1.54, 1.807) is 6.08 Å². The molecule has 0 bridgehead atoms. The first-order chi connectivity index (χ1) is 19.9. The molecular formula is C32H29N5O3S. The van der Waals surface area contributed by atoms with E-state index in [2.05, 4.69) is 40.6 Å². The molecule has 8 nitrogen and oxygen atoms in total. The minimum absolute atomic E-state index is 0.00315. The first kappa shape index (κ1) is 26.6. The van der Waals surface area contributed by atoms with E-state index in [0.29, 0.717) is 23.4 Å². The van der Waals surface area contributed by atoms with Crippen molar-refractivity contribution in [2.75, 3.05) is 13.2 Å². The zero-order valence-corrected chi connectivity index (χ0v) is 23.9. The van der Waals surface area contributed by atoms with E-state index in [-0.39, 0.29) is 18.0 Å². The van der Waals surface area contributed by atoms with Crippen LogP contribution in [0.5, 0.6) is 11.5 Å². The molecule has 1 N–H and O–H groups in total. The topological polar surface area (TPSA) is 92.3 Å². The van der Waals surface area contributed by atoms with E-state index in [0.717, 1.165) is 33.7 Å². The van der Waals surface area contributed by atoms with Gasteiger partial charge in [-0.1, -0.05) is 42.5 Å². The molecule has 0 radical (unpaired) electrons. The number of para-hydroxylation sites is 2. The van der Waals surface area contributed by atoms with Gasteiger partial charge in [0.25, 0.3) is 5.91 Å². The van der Waals surface area contributed by atoms with Gasteiger partial charge in [0, 0.05) is 22.2 Å². The van der Waals surface area contributed by atoms with Gasteiger partial charge >= 0.3 is 0 Å². The first-order valence-electron chi connectivity index (χ1n) is 13.3. The molecule has 0 saturated heterocycles. The number of aliphatic imine (C=N–C) groups is 1. The minimum atomic E-state index is -0.455. The second-order valence-electron chi connectivity index (χ2n) is 9.96. The molecule has 2 aliphatic rings. The summed E-state index contributed by atoms with van der Waals surface area (Å²) in [6.45, 7) is 7.50. The molecule has 3 heterocycles. The van der Waals surface area contributed by atoms with Crippen molar-refractivity contribution >= 4 is 50.7 Å². The standard InChI is InChI=1S/C32H29N5O3S/c1-20-15-21(2)17-24(16-20)39-14-13-36-22(3)26(25-11-7-8-12-28(25)36)18-27-30(33)37-32(34-31(27)38)41-29(35-37)19-40-23-9-5-4-6-10-23/h4-12,15-18,33H,13-14,19H2,1-3H3/b27-18-,33-30?. The van der Waals surface area contributed by atoms with Crippen LogP contribution in [0.15, 0.2) is 88.5 Å². The fraction of sp³-hybridized carbons (Fsp3) is 0.188. The number of carbonyl (C=O) groups excluding carboxylic acids is 1. The van der Waals surface area contributed by atoms with E-state index >= 15 is 0 Å². The summed E-state index contributed by atoms with van der Waals surface area (Å²) in [7, 11) is 0. The average Bonchev–Trinajstić information content (AvgIpc) is 3.48. The third-order valence-electron chi connectivity index (χ3n) is 6.95. The SMILES string of the molecule is Cc1cc(C)cc(OCCn2c(C)c(/C=C3/C(=N)N4N=C(COc5ccccc5)SC4=NC3=O)c3ccccc32)c1. The molecule has 1 aromatic heterocycles. The predicted molar refractivity (Wildman–Crippen MR) is 165 cm³/mol. The van der Waals surface area contributed by atoms with Gasteiger partial charge in [-0.15, -0.1) is 0 Å². The Kier molecular flexibility index (Phi) is 7.19. The first-order valence-corrected chi connectivity index (χ1v) is 14.1. The highest BCUT2D eigenvalue weighted by molar-refractivity contribution is 8.27. The lowest BCUT2D eigenvalue weighted by atomic mass is 10.1. The number of ether oxygens (including phenoxy) is 2. The Morgan fingerprint density at radius 3 is 2.44 bits per heavy atom. The van der Waals surface area contributed by atoms with Crippen molar-refractivity contribution in [2.45, 2.75) is 27.3 Å². The quantitative estimate of drug-likeness (QED) is 0.253. The number of rotatable bonds is 8. The number of aryl methyl sites for hydroxylation is 2. The predicted octanol–water partition coefficient (Wildman–Crippen LogP) is 6.34. The number of amidine groups is 2. The molecule has 41 heavy (non-hydrogen) atoms. The van der Waals surface area contributed by atoms with Gasteiger partial charge in [-0.25, -0.2) is 0 Å². The van der Waals surface area contributed by atoms with Crippen LogP contribution in [-0.4, -0.2) is 44.7 Å². The number of amides is 1. The maximum absolute atomic E-state index is 13.1. The molecule has 0 aliphatic carbocycles. The lowest BCUT2D eigenvalue weighted by molar-refractivity contribution is -0.114. The maximum Gasteiger partial charge on any atom is 0.283 e. The zero-order valence-electron chi connectivity index (χ0n) is 23.0. The summed E-state index contributed by atoms with van der Waals surface area (Å²) in [5.41, 5.74) is 5.42. The van der Waals surface area contributed by atoms with Crippen LogP contribution in [0.3, 0.4) is 0 Å². The van der Waals surface area contributed by atoms with E-state index in [1.807, 2.05) is 67.6 Å². The van der Waals surface area contributed by atoms with Gasteiger partial charge in [-0.3, -0.25) is 10.2 Å². The van der Waals surface area contributed by atoms with Crippen molar-refractivity contribution in [1.29, 1.82) is 5.41 Å². The Morgan fingerprint density at radius 1 is 0.927 bits per heavy atom. The molecule has 0 fully saturated rings. The fourth-order valence-corrected chi connectivity index (χ4v) is 5.89. The molecule has 0 saturated carbocycles. The monoisotopic (exact) mass is 563 g/mol. The molecule has 3 aromatic carbocycles. The van der Waals surface area contributed by atoms with Gasteiger partial charge in [-0.05, 0) is 80.1 Å². The molecule has 0 unspecified atom stereocenters. The van der Waals surface area contributed by atoms with Gasteiger partial charge in [0.1, 0.15) is 29.8 Å². The summed E-state index contributed by atoms with van der Waals surface area (Å²) in [6.07, 6.45) is 1.77. The molecule has 9 heteroatoms. The highest BCUT2D eigenvalue weighted by Gasteiger charge is 2.36. The Hall–Kier alpha value is -4.63. The van der Waals surface area contributed by atoms with Crippen LogP contribution in [0.4, 0.5) is 0 Å². The summed E-state index contributed by atoms with van der Waals surface area (Å²) in [4.78, 5) is 17.4. The molecule has 0 spiro atoms. The van der Waals surface area contributed by atoms with Crippen LogP contribution < -0.4 is 9.47 Å². The van der Waals surface area contributed by atoms with E-state index in [4.69, 9.17) is 14.9 Å². The van der Waals surface area contributed by atoms with Crippen molar-refractivity contribution in [3.63, 3.8) is 0 Å². The van der Waals surface area contributed by atoms with Crippen molar-refractivity contribution in [3.8, 4) is 11.5 Å². The van der Waals surface area contributed by atoms with Crippen LogP contribution >= 0.6 is 11.8 Å². The zero-order chi connectivity index (χ0) is 28.5. The van der Waals surface area contributed by atoms with Gasteiger partial charge < -0.3 is 14.0 Å². The molecule has 0 atom stereocenters. The van der Waals surface area contributed by atoms with Gasteiger partial charge in [-0.2, -0.15) is 15.1 Å². The Bertz CT molecular complexity index is 1750. The van der Waals surface area contributed by atoms with Crippen LogP contribution in [0.25, 0.3) is 17.0 Å². The van der Waals surface area contributed by atoms with Crippen LogP contribution in [0, 0.1) is 26.2 Å². The van der Waals surface area contributed by atoms with Gasteiger partial charge in [0.15, 0.2) is 5.84 Å². The molecule has 206 valence electrons. The fourth-order valence-electron chi connectivity index (χ4n) is 5.10. The number of nitrogens with zero attached hydrogens (tertiary/aromatic N) is 4. The number of fused-ring (bicyclic) bond motifs is 2. The number of carbonyl (C=O) groups is 1. The summed E-state index contributed by atoms with van der Waals surface area (Å²) >= 11 is 1.24. The van der Waals surface area contributed by atoms with Crippen LogP contribution in [0.1, 0.15) is 22.4 Å². The number of hydrogen-bond acceptors (Lipinski definition) is 6. The number of nitrogens with one attached hydrogen (secondary N) is 1. The van der Waals surface area contributed by atoms with Crippen LogP contribution in [-0.2, 0) is 11.3 Å². The van der Waals surface area contributed by atoms with Crippen LogP contribution in [0.2, 0.25) is 0 Å². The second-order valence-corrected chi connectivity index (χ2v) is 11.0. The summed E-state index contributed by atoms with van der Waals surface area (Å²) < 4.78 is 14.1. The van der Waals surface area contributed by atoms with E-state index < -0.39 is 5.91 Å². The van der Waals surface area contributed by atoms with E-state index in [9.17, 15) is 4.79 Å². The Balaban J connectivity index is 1.25. The largest absolute Gasteiger partial charge is 0.492 e. The number of thioether (sulfide) groups is 1. The Morgan fingerprint density at radius 2 is 1.66 bits per heavy atom. The van der Waals surface area contributed by atoms with Crippen molar-refractivity contribution in [1.82, 2.24) is 9.58 Å². The second kappa shape index (κ2) is 11.1. The number of aromatic nitrogens is 1. The van der Waals surface area contributed by atoms with Crippen molar-refractivity contribution in [3.05, 3.63) is 101 Å². The van der Waals surface area contributed by atoms with Crippen molar-refractivity contribution < 1.29 is 14.3 Å². The highest BCUT2D eigenvalue weighted by atomic mass is 32.2. The lowest BCUT2D eigenvalue weighted by Gasteiger charge is -2.20. The maximum atomic E-state index is 13.1. The smallest absolute Gasteiger partial charge is 0.283 e. The molecule has 4 aromatic rings.